The van der Waals surface area contributed by atoms with Crippen LogP contribution in [0.1, 0.15) is 5.56 Å². The zero-order valence-corrected chi connectivity index (χ0v) is 11.2. The number of hydrogen-bond donors (Lipinski definition) is 0. The fourth-order valence-corrected chi connectivity index (χ4v) is 1.76. The van der Waals surface area contributed by atoms with Crippen LogP contribution in [0.5, 0.6) is 5.75 Å². The standard InChI is InChI=1S/C13H9NO.CCl2O/c1-2-6-11-10(5-1)9-14-15-13-8-4-3-7-12(11)13;2-1(3)4/h1-9H;. The van der Waals surface area contributed by atoms with Crippen molar-refractivity contribution in [3.8, 4) is 16.9 Å². The Morgan fingerprint density at radius 2 is 1.53 bits per heavy atom. The molecular weight excluding hydrogens is 285 g/mol. The normalized spacial score (nSPS) is 11.1. The van der Waals surface area contributed by atoms with Crippen LogP contribution in [0, 0.1) is 0 Å². The molecule has 96 valence electrons. The maximum absolute atomic E-state index is 8.98. The lowest BCUT2D eigenvalue weighted by atomic mass is 10.00. The van der Waals surface area contributed by atoms with Gasteiger partial charge in [-0.05, 0) is 34.8 Å². The lowest BCUT2D eigenvalue weighted by molar-refractivity contribution is 0.275. The van der Waals surface area contributed by atoms with Crippen molar-refractivity contribution < 1.29 is 9.63 Å². The molecule has 0 radical (unpaired) electrons. The summed E-state index contributed by atoms with van der Waals surface area (Å²) in [6, 6.07) is 16.1. The Hall–Kier alpha value is -1.84. The van der Waals surface area contributed by atoms with Crippen molar-refractivity contribution in [2.75, 3.05) is 0 Å². The molecule has 0 spiro atoms. The van der Waals surface area contributed by atoms with Crippen molar-refractivity contribution in [1.29, 1.82) is 0 Å². The van der Waals surface area contributed by atoms with Gasteiger partial charge >= 0.3 is 4.70 Å². The van der Waals surface area contributed by atoms with Gasteiger partial charge in [0.1, 0.15) is 0 Å². The summed E-state index contributed by atoms with van der Waals surface area (Å²) in [6.07, 6.45) is 1.75. The third kappa shape index (κ3) is 3.56. The summed E-state index contributed by atoms with van der Waals surface area (Å²) in [5, 5.41) is 3.93. The van der Waals surface area contributed by atoms with Crippen LogP contribution in [0.2, 0.25) is 0 Å². The Morgan fingerprint density at radius 1 is 0.947 bits per heavy atom. The van der Waals surface area contributed by atoms with E-state index in [2.05, 4.69) is 34.4 Å². The third-order valence-electron chi connectivity index (χ3n) is 2.48. The zero-order chi connectivity index (χ0) is 13.7. The number of oxime groups is 1. The van der Waals surface area contributed by atoms with E-state index in [-0.39, 0.29) is 0 Å². The Bertz CT molecular complexity index is 622. The number of benzene rings is 2. The van der Waals surface area contributed by atoms with E-state index in [9.17, 15) is 0 Å². The van der Waals surface area contributed by atoms with E-state index in [1.54, 1.807) is 6.21 Å². The maximum Gasteiger partial charge on any atom is 0.313 e. The minimum absolute atomic E-state index is 0.804. The number of carbonyl (C=O) groups excluding carboxylic acids is 1. The smallest absolute Gasteiger partial charge is 0.313 e. The highest BCUT2D eigenvalue weighted by Crippen LogP contribution is 2.33. The summed E-state index contributed by atoms with van der Waals surface area (Å²) in [7, 11) is 0. The average molecular weight is 294 g/mol. The fourth-order valence-electron chi connectivity index (χ4n) is 1.76. The molecular formula is C14H9Cl2NO2. The van der Waals surface area contributed by atoms with Crippen molar-refractivity contribution in [2.24, 2.45) is 5.16 Å². The van der Waals surface area contributed by atoms with E-state index in [1.165, 1.54) is 0 Å². The first-order chi connectivity index (χ1) is 9.18. The summed E-state index contributed by atoms with van der Waals surface area (Å²) in [6.45, 7) is 0. The summed E-state index contributed by atoms with van der Waals surface area (Å²) in [5.41, 5.74) is 3.34. The van der Waals surface area contributed by atoms with Crippen LogP contribution >= 0.6 is 23.2 Å². The second-order valence-corrected chi connectivity index (χ2v) is 4.51. The maximum atomic E-state index is 8.98. The molecule has 0 aliphatic carbocycles. The molecule has 3 nitrogen and oxygen atoms in total. The van der Waals surface area contributed by atoms with Crippen LogP contribution in [-0.2, 0) is 0 Å². The van der Waals surface area contributed by atoms with Gasteiger partial charge in [-0.15, -0.1) is 0 Å². The predicted molar refractivity (Wildman–Crippen MR) is 77.2 cm³/mol. The summed E-state index contributed by atoms with van der Waals surface area (Å²) < 4.78 is -0.889. The number of hydrogen-bond acceptors (Lipinski definition) is 3. The first-order valence-corrected chi connectivity index (χ1v) is 6.18. The van der Waals surface area contributed by atoms with E-state index in [0.717, 1.165) is 22.4 Å². The van der Waals surface area contributed by atoms with E-state index in [4.69, 9.17) is 9.63 Å². The number of nitrogens with zero attached hydrogens (tertiary/aromatic N) is 1. The highest BCUT2D eigenvalue weighted by Gasteiger charge is 2.11. The molecule has 1 aliphatic heterocycles. The highest BCUT2D eigenvalue weighted by molar-refractivity contribution is 6.93. The Kier molecular flexibility index (Phi) is 4.55. The van der Waals surface area contributed by atoms with Crippen LogP contribution in [0.15, 0.2) is 53.7 Å². The molecule has 2 aromatic rings. The van der Waals surface area contributed by atoms with Gasteiger partial charge in [0.25, 0.3) is 0 Å². The first-order valence-electron chi connectivity index (χ1n) is 5.42. The largest absolute Gasteiger partial charge is 0.356 e. The highest BCUT2D eigenvalue weighted by atomic mass is 35.5. The molecule has 3 rings (SSSR count). The number of rotatable bonds is 0. The van der Waals surface area contributed by atoms with Gasteiger partial charge in [-0.2, -0.15) is 0 Å². The van der Waals surface area contributed by atoms with E-state index in [0.29, 0.717) is 0 Å². The molecule has 0 N–H and O–H groups in total. The van der Waals surface area contributed by atoms with Gasteiger partial charge in [-0.25, -0.2) is 0 Å². The van der Waals surface area contributed by atoms with Crippen LogP contribution < -0.4 is 4.84 Å². The minimum atomic E-state index is -0.889. The predicted octanol–water partition coefficient (Wildman–Crippen LogP) is 4.66. The molecule has 1 heterocycles. The van der Waals surface area contributed by atoms with Gasteiger partial charge in [0.2, 0.25) is 0 Å². The monoisotopic (exact) mass is 293 g/mol. The number of para-hydroxylation sites is 1. The molecule has 19 heavy (non-hydrogen) atoms. The minimum Gasteiger partial charge on any atom is -0.356 e. The van der Waals surface area contributed by atoms with E-state index in [1.807, 2.05) is 42.5 Å². The lowest BCUT2D eigenvalue weighted by Gasteiger charge is -2.05. The van der Waals surface area contributed by atoms with Crippen molar-refractivity contribution >= 4 is 34.1 Å². The zero-order valence-electron chi connectivity index (χ0n) is 9.72. The molecule has 0 saturated carbocycles. The van der Waals surface area contributed by atoms with Gasteiger partial charge in [0.05, 0.1) is 6.21 Å². The molecule has 0 fully saturated rings. The third-order valence-corrected chi connectivity index (χ3v) is 2.48. The molecule has 0 saturated heterocycles. The van der Waals surface area contributed by atoms with Crippen molar-refractivity contribution in [1.82, 2.24) is 0 Å². The van der Waals surface area contributed by atoms with Gasteiger partial charge in [-0.1, -0.05) is 47.6 Å². The second-order valence-electron chi connectivity index (χ2n) is 3.63. The first kappa shape index (κ1) is 13.6. The van der Waals surface area contributed by atoms with Gasteiger partial charge < -0.3 is 4.84 Å². The quantitative estimate of drug-likeness (QED) is 0.662. The van der Waals surface area contributed by atoms with Crippen LogP contribution in [0.4, 0.5) is 4.79 Å². The summed E-state index contributed by atoms with van der Waals surface area (Å²) in [4.78, 5) is 14.3. The van der Waals surface area contributed by atoms with Gasteiger partial charge in [0.15, 0.2) is 5.75 Å². The average Bonchev–Trinajstić information content (AvgIpc) is 2.57. The molecule has 0 aromatic heterocycles. The van der Waals surface area contributed by atoms with Crippen LogP contribution in [0.25, 0.3) is 11.1 Å². The summed E-state index contributed by atoms with van der Waals surface area (Å²) >= 11 is 8.80. The SMILES string of the molecule is C1=NOc2ccccc2-c2ccccc21.O=C(Cl)Cl. The number of carbonyl (C=O) groups is 1. The van der Waals surface area contributed by atoms with Gasteiger partial charge in [-0.3, -0.25) is 4.79 Å². The van der Waals surface area contributed by atoms with Crippen LogP contribution in [-0.4, -0.2) is 10.9 Å². The molecule has 0 bridgehead atoms. The molecule has 0 amide bonds. The van der Waals surface area contributed by atoms with E-state index < -0.39 is 4.70 Å². The number of fused-ring (bicyclic) bond motifs is 3. The van der Waals surface area contributed by atoms with Crippen molar-refractivity contribution in [3.05, 3.63) is 54.1 Å². The molecule has 5 heteroatoms. The van der Waals surface area contributed by atoms with E-state index >= 15 is 0 Å². The van der Waals surface area contributed by atoms with Crippen molar-refractivity contribution in [3.63, 3.8) is 0 Å². The van der Waals surface area contributed by atoms with Crippen molar-refractivity contribution in [2.45, 2.75) is 0 Å². The lowest BCUT2D eigenvalue weighted by Crippen LogP contribution is -1.84. The summed E-state index contributed by atoms with van der Waals surface area (Å²) in [5.74, 6) is 0.804. The molecule has 2 aromatic carbocycles. The Labute approximate surface area is 120 Å². The molecule has 0 unspecified atom stereocenters. The second kappa shape index (κ2) is 6.36. The Morgan fingerprint density at radius 3 is 2.26 bits per heavy atom. The van der Waals surface area contributed by atoms with Gasteiger partial charge in [0, 0.05) is 11.1 Å². The Balaban J connectivity index is 0.000000297. The fraction of sp³-hybridized carbons (Fsp3) is 0. The number of halogens is 2. The van der Waals surface area contributed by atoms with Crippen LogP contribution in [0.3, 0.4) is 0 Å². The molecule has 0 atom stereocenters. The molecule has 1 aliphatic rings. The topological polar surface area (TPSA) is 38.7 Å².